The van der Waals surface area contributed by atoms with Crippen molar-refractivity contribution < 1.29 is 9.53 Å². The predicted molar refractivity (Wildman–Crippen MR) is 97.2 cm³/mol. The highest BCUT2D eigenvalue weighted by atomic mass is 28.3. The molecule has 1 aliphatic heterocycles. The van der Waals surface area contributed by atoms with Gasteiger partial charge >= 0.3 is 0 Å². The van der Waals surface area contributed by atoms with Crippen molar-refractivity contribution >= 4 is 19.0 Å². The Labute approximate surface area is 140 Å². The van der Waals surface area contributed by atoms with E-state index in [9.17, 15) is 4.79 Å². The molecule has 3 rings (SSSR count). The summed E-state index contributed by atoms with van der Waals surface area (Å²) in [5.74, 6) is 0.254. The molecule has 1 saturated heterocycles. The van der Waals surface area contributed by atoms with Crippen molar-refractivity contribution in [3.05, 3.63) is 29.8 Å². The molecule has 2 aliphatic rings. The van der Waals surface area contributed by atoms with E-state index in [1.165, 1.54) is 10.8 Å². The van der Waals surface area contributed by atoms with E-state index in [-0.39, 0.29) is 17.3 Å². The summed E-state index contributed by atoms with van der Waals surface area (Å²) in [5.41, 5.74) is 0.157. The zero-order valence-corrected chi connectivity index (χ0v) is 16.0. The van der Waals surface area contributed by atoms with Gasteiger partial charge in [-0.3, -0.25) is 4.79 Å². The number of carbonyl (C=O) groups excluding carboxylic acids is 1. The Balaban J connectivity index is 1.86. The quantitative estimate of drug-likeness (QED) is 0.862. The Kier molecular flexibility index (Phi) is 4.06. The van der Waals surface area contributed by atoms with Crippen LogP contribution >= 0.6 is 0 Å². The van der Waals surface area contributed by atoms with Gasteiger partial charge in [-0.05, 0) is 32.3 Å². The van der Waals surface area contributed by atoms with Gasteiger partial charge in [0.15, 0.2) is 5.78 Å². The summed E-state index contributed by atoms with van der Waals surface area (Å²) < 4.78 is 6.06. The first-order valence-corrected chi connectivity index (χ1v) is 12.2. The van der Waals surface area contributed by atoms with Gasteiger partial charge in [-0.25, -0.2) is 0 Å². The molecule has 0 radical (unpaired) electrons. The molecule has 1 saturated carbocycles. The summed E-state index contributed by atoms with van der Waals surface area (Å²) in [6.45, 7) is 12.5. The summed E-state index contributed by atoms with van der Waals surface area (Å²) in [6, 6.07) is 8.84. The van der Waals surface area contributed by atoms with E-state index in [1.54, 1.807) is 0 Å². The van der Waals surface area contributed by atoms with Crippen LogP contribution in [0.1, 0.15) is 32.3 Å². The SMILES string of the molecule is CC1CNCC(C)(C(=O)C2(c3ccc([Si](C)(C)C)cc3)CC2)O1. The fourth-order valence-electron chi connectivity index (χ4n) is 3.74. The van der Waals surface area contributed by atoms with Crippen LogP contribution < -0.4 is 10.5 Å². The number of nitrogens with one attached hydrogen (secondary N) is 1. The molecule has 1 aliphatic carbocycles. The van der Waals surface area contributed by atoms with E-state index in [0.29, 0.717) is 6.54 Å². The molecule has 2 atom stereocenters. The second kappa shape index (κ2) is 5.54. The van der Waals surface area contributed by atoms with E-state index in [0.717, 1.165) is 19.4 Å². The molecule has 0 aromatic heterocycles. The summed E-state index contributed by atoms with van der Waals surface area (Å²) >= 11 is 0. The molecule has 2 unspecified atom stereocenters. The third-order valence-electron chi connectivity index (χ3n) is 5.32. The Morgan fingerprint density at radius 3 is 2.30 bits per heavy atom. The Hall–Kier alpha value is -0.973. The highest BCUT2D eigenvalue weighted by molar-refractivity contribution is 6.88. The lowest BCUT2D eigenvalue weighted by Gasteiger charge is -2.39. The second-order valence-electron chi connectivity index (χ2n) is 8.53. The number of rotatable bonds is 4. The van der Waals surface area contributed by atoms with Crippen molar-refractivity contribution in [2.24, 2.45) is 0 Å². The minimum Gasteiger partial charge on any atom is -0.362 e. The van der Waals surface area contributed by atoms with Crippen LogP contribution in [-0.4, -0.2) is 38.7 Å². The fourth-order valence-corrected chi connectivity index (χ4v) is 4.91. The van der Waals surface area contributed by atoms with E-state index in [2.05, 4.69) is 49.2 Å². The maximum atomic E-state index is 13.3. The van der Waals surface area contributed by atoms with Crippen molar-refractivity contribution in [3.63, 3.8) is 0 Å². The molecule has 126 valence electrons. The van der Waals surface area contributed by atoms with Crippen LogP contribution in [0.2, 0.25) is 19.6 Å². The third kappa shape index (κ3) is 3.04. The van der Waals surface area contributed by atoms with E-state index in [1.807, 2.05) is 13.8 Å². The number of ether oxygens (including phenoxy) is 1. The third-order valence-corrected chi connectivity index (χ3v) is 7.39. The lowest BCUT2D eigenvalue weighted by molar-refractivity contribution is -0.156. The number of benzene rings is 1. The average Bonchev–Trinajstić information content (AvgIpc) is 3.27. The first-order chi connectivity index (χ1) is 10.7. The van der Waals surface area contributed by atoms with E-state index < -0.39 is 13.7 Å². The van der Waals surface area contributed by atoms with Crippen molar-refractivity contribution in [3.8, 4) is 0 Å². The van der Waals surface area contributed by atoms with Gasteiger partial charge in [-0.1, -0.05) is 49.1 Å². The maximum absolute atomic E-state index is 13.3. The van der Waals surface area contributed by atoms with Gasteiger partial charge in [0.2, 0.25) is 0 Å². The molecule has 1 aromatic rings. The van der Waals surface area contributed by atoms with Gasteiger partial charge in [0.05, 0.1) is 19.6 Å². The first kappa shape index (κ1) is 16.9. The molecule has 2 fully saturated rings. The van der Waals surface area contributed by atoms with Crippen LogP contribution in [0.3, 0.4) is 0 Å². The van der Waals surface area contributed by atoms with Gasteiger partial charge in [-0.2, -0.15) is 0 Å². The smallest absolute Gasteiger partial charge is 0.176 e. The zero-order chi connectivity index (χ0) is 16.9. The molecule has 0 spiro atoms. The summed E-state index contributed by atoms with van der Waals surface area (Å²) in [5, 5.41) is 4.79. The highest BCUT2D eigenvalue weighted by Gasteiger charge is 2.58. The van der Waals surface area contributed by atoms with E-state index >= 15 is 0 Å². The predicted octanol–water partition coefficient (Wildman–Crippen LogP) is 2.60. The summed E-state index contributed by atoms with van der Waals surface area (Å²) in [6.07, 6.45) is 1.99. The Morgan fingerprint density at radius 1 is 1.22 bits per heavy atom. The lowest BCUT2D eigenvalue weighted by Crippen LogP contribution is -2.58. The van der Waals surface area contributed by atoms with Crippen LogP contribution in [0.15, 0.2) is 24.3 Å². The molecule has 3 nitrogen and oxygen atoms in total. The number of Topliss-reactive ketones (excluding diaryl/α,β-unsaturated/α-hetero) is 1. The minimum absolute atomic E-state index is 0.0859. The van der Waals surface area contributed by atoms with Crippen molar-refractivity contribution in [2.45, 2.75) is 63.5 Å². The number of morpholine rings is 1. The average molecular weight is 332 g/mol. The molecule has 1 heterocycles. The van der Waals surface area contributed by atoms with Crippen LogP contribution in [-0.2, 0) is 14.9 Å². The van der Waals surface area contributed by atoms with Crippen LogP contribution in [0, 0.1) is 0 Å². The number of hydrogen-bond donors (Lipinski definition) is 1. The van der Waals surface area contributed by atoms with Crippen molar-refractivity contribution in [1.29, 1.82) is 0 Å². The van der Waals surface area contributed by atoms with Crippen LogP contribution in [0.25, 0.3) is 0 Å². The van der Waals surface area contributed by atoms with Gasteiger partial charge in [0.1, 0.15) is 5.60 Å². The van der Waals surface area contributed by atoms with Gasteiger partial charge in [0.25, 0.3) is 0 Å². The molecule has 1 N–H and O–H groups in total. The second-order valence-corrected chi connectivity index (χ2v) is 13.6. The minimum atomic E-state index is -1.30. The van der Waals surface area contributed by atoms with Gasteiger partial charge < -0.3 is 10.1 Å². The summed E-state index contributed by atoms with van der Waals surface area (Å²) in [4.78, 5) is 13.3. The topological polar surface area (TPSA) is 38.3 Å². The van der Waals surface area contributed by atoms with Crippen LogP contribution in [0.5, 0.6) is 0 Å². The Morgan fingerprint density at radius 2 is 1.83 bits per heavy atom. The fraction of sp³-hybridized carbons (Fsp3) is 0.632. The number of ketones is 1. The van der Waals surface area contributed by atoms with Crippen molar-refractivity contribution in [1.82, 2.24) is 5.32 Å². The zero-order valence-electron chi connectivity index (χ0n) is 15.0. The van der Waals surface area contributed by atoms with Crippen LogP contribution in [0.4, 0.5) is 0 Å². The number of carbonyl (C=O) groups is 1. The lowest BCUT2D eigenvalue weighted by atomic mass is 9.81. The molecule has 0 amide bonds. The maximum Gasteiger partial charge on any atom is 0.176 e. The molecular formula is C19H29NO2Si. The molecule has 4 heteroatoms. The van der Waals surface area contributed by atoms with Crippen molar-refractivity contribution in [2.75, 3.05) is 13.1 Å². The standard InChI is InChI=1S/C19H29NO2Si/c1-14-12-20-13-18(2,22-14)17(21)19(10-11-19)15-6-8-16(9-7-15)23(3,4)5/h6-9,14,20H,10-13H2,1-5H3. The van der Waals surface area contributed by atoms with Gasteiger partial charge in [-0.15, -0.1) is 0 Å². The largest absolute Gasteiger partial charge is 0.362 e. The molecule has 0 bridgehead atoms. The highest BCUT2D eigenvalue weighted by Crippen LogP contribution is 2.51. The normalized spacial score (nSPS) is 30.0. The van der Waals surface area contributed by atoms with Gasteiger partial charge in [0, 0.05) is 13.1 Å². The Bertz CT molecular complexity index is 601. The number of hydrogen-bond acceptors (Lipinski definition) is 3. The molecule has 23 heavy (non-hydrogen) atoms. The monoisotopic (exact) mass is 331 g/mol. The molecule has 1 aromatic carbocycles. The van der Waals surface area contributed by atoms with E-state index in [4.69, 9.17) is 4.74 Å². The molecular weight excluding hydrogens is 302 g/mol. The first-order valence-electron chi connectivity index (χ1n) is 8.72. The summed E-state index contributed by atoms with van der Waals surface area (Å²) in [7, 11) is -1.30.